The molecule has 1 amide bonds. The molecular formula is C20H20N4O2. The molecule has 0 spiro atoms. The van der Waals surface area contributed by atoms with Gasteiger partial charge in [-0.2, -0.15) is 0 Å². The van der Waals surface area contributed by atoms with Gasteiger partial charge in [0.25, 0.3) is 5.91 Å². The van der Waals surface area contributed by atoms with Crippen LogP contribution in [0.15, 0.2) is 54.9 Å². The number of benzene rings is 2. The Labute approximate surface area is 152 Å². The summed E-state index contributed by atoms with van der Waals surface area (Å²) in [6.45, 7) is 4.06. The first kappa shape index (κ1) is 17.4. The highest BCUT2D eigenvalue weighted by Gasteiger charge is 2.08. The second-order valence-electron chi connectivity index (χ2n) is 5.92. The quantitative estimate of drug-likeness (QED) is 0.726. The molecule has 0 fully saturated rings. The van der Waals surface area contributed by atoms with E-state index in [1.807, 2.05) is 26.0 Å². The molecule has 6 heteroatoms. The molecule has 2 N–H and O–H groups in total. The van der Waals surface area contributed by atoms with E-state index in [2.05, 4.69) is 26.7 Å². The summed E-state index contributed by atoms with van der Waals surface area (Å²) in [6, 6.07) is 13.2. The van der Waals surface area contributed by atoms with Gasteiger partial charge < -0.3 is 15.4 Å². The highest BCUT2D eigenvalue weighted by Crippen LogP contribution is 2.19. The Hall–Kier alpha value is -3.41. The van der Waals surface area contributed by atoms with Crippen molar-refractivity contribution in [2.45, 2.75) is 13.8 Å². The van der Waals surface area contributed by atoms with Crippen LogP contribution in [0, 0.1) is 13.8 Å². The van der Waals surface area contributed by atoms with E-state index in [4.69, 9.17) is 4.74 Å². The average molecular weight is 348 g/mol. The fourth-order valence-corrected chi connectivity index (χ4v) is 2.46. The molecule has 1 aromatic heterocycles. The predicted molar refractivity (Wildman–Crippen MR) is 102 cm³/mol. The van der Waals surface area contributed by atoms with E-state index in [-0.39, 0.29) is 5.91 Å². The monoisotopic (exact) mass is 348 g/mol. The van der Waals surface area contributed by atoms with Crippen LogP contribution in [0.1, 0.15) is 21.5 Å². The average Bonchev–Trinajstić information content (AvgIpc) is 2.65. The fourth-order valence-electron chi connectivity index (χ4n) is 2.46. The zero-order valence-electron chi connectivity index (χ0n) is 14.9. The molecule has 0 radical (unpaired) electrons. The van der Waals surface area contributed by atoms with Crippen molar-refractivity contribution in [3.63, 3.8) is 0 Å². The van der Waals surface area contributed by atoms with Gasteiger partial charge in [-0.15, -0.1) is 0 Å². The Balaban J connectivity index is 1.67. The molecule has 2 aromatic carbocycles. The van der Waals surface area contributed by atoms with Crippen LogP contribution >= 0.6 is 0 Å². The van der Waals surface area contributed by atoms with Crippen LogP contribution < -0.4 is 15.4 Å². The van der Waals surface area contributed by atoms with Crippen LogP contribution in [0.25, 0.3) is 0 Å². The highest BCUT2D eigenvalue weighted by molar-refractivity contribution is 6.03. The molecule has 3 rings (SSSR count). The number of carbonyl (C=O) groups is 1. The van der Waals surface area contributed by atoms with Crippen LogP contribution in [0.4, 0.5) is 17.3 Å². The Morgan fingerprint density at radius 3 is 2.31 bits per heavy atom. The minimum Gasteiger partial charge on any atom is -0.497 e. The second-order valence-corrected chi connectivity index (χ2v) is 5.92. The number of aromatic nitrogens is 2. The lowest BCUT2D eigenvalue weighted by Crippen LogP contribution is -2.13. The minimum absolute atomic E-state index is 0.270. The smallest absolute Gasteiger partial charge is 0.258 e. The molecule has 0 unspecified atom stereocenters. The molecule has 0 bridgehead atoms. The van der Waals surface area contributed by atoms with E-state index in [0.717, 1.165) is 17.0 Å². The topological polar surface area (TPSA) is 76.1 Å². The van der Waals surface area contributed by atoms with E-state index in [1.54, 1.807) is 31.4 Å². The zero-order valence-corrected chi connectivity index (χ0v) is 14.9. The number of anilines is 3. The first-order valence-corrected chi connectivity index (χ1v) is 8.17. The van der Waals surface area contributed by atoms with Crippen LogP contribution in [0.5, 0.6) is 5.75 Å². The van der Waals surface area contributed by atoms with Crippen molar-refractivity contribution in [1.82, 2.24) is 9.97 Å². The van der Waals surface area contributed by atoms with Gasteiger partial charge >= 0.3 is 0 Å². The molecule has 0 atom stereocenters. The standard InChI is InChI=1S/C20H20N4O2/c1-13-4-9-18(14(2)10-13)24-20-21-11-15(12-22-20)19(25)23-16-5-7-17(26-3)8-6-16/h4-12H,1-3H3,(H,23,25)(H,21,22,24). The van der Waals surface area contributed by atoms with Gasteiger partial charge in [0.1, 0.15) is 5.75 Å². The third-order valence-corrected chi connectivity index (χ3v) is 3.89. The molecule has 6 nitrogen and oxygen atoms in total. The molecule has 0 aliphatic rings. The minimum atomic E-state index is -0.270. The summed E-state index contributed by atoms with van der Waals surface area (Å²) in [6.07, 6.45) is 3.00. The number of ether oxygens (including phenoxy) is 1. The van der Waals surface area contributed by atoms with Crippen molar-refractivity contribution >= 4 is 23.2 Å². The van der Waals surface area contributed by atoms with E-state index in [1.165, 1.54) is 18.0 Å². The number of nitrogens with zero attached hydrogens (tertiary/aromatic N) is 2. The normalized spacial score (nSPS) is 10.3. The largest absolute Gasteiger partial charge is 0.497 e. The van der Waals surface area contributed by atoms with Gasteiger partial charge in [0.15, 0.2) is 0 Å². The highest BCUT2D eigenvalue weighted by atomic mass is 16.5. The van der Waals surface area contributed by atoms with Gasteiger partial charge in [0.2, 0.25) is 5.95 Å². The van der Waals surface area contributed by atoms with E-state index < -0.39 is 0 Å². The summed E-state index contributed by atoms with van der Waals surface area (Å²) < 4.78 is 5.10. The maximum absolute atomic E-state index is 12.3. The number of aryl methyl sites for hydroxylation is 2. The first-order chi connectivity index (χ1) is 12.5. The second kappa shape index (κ2) is 7.65. The van der Waals surface area contributed by atoms with Crippen LogP contribution in [0.2, 0.25) is 0 Å². The number of carbonyl (C=O) groups excluding carboxylic acids is 1. The van der Waals surface area contributed by atoms with Gasteiger partial charge in [0.05, 0.1) is 12.7 Å². The van der Waals surface area contributed by atoms with Crippen LogP contribution in [-0.2, 0) is 0 Å². The number of rotatable bonds is 5. The number of hydrogen-bond donors (Lipinski definition) is 2. The van der Waals surface area contributed by atoms with E-state index in [9.17, 15) is 4.79 Å². The lowest BCUT2D eigenvalue weighted by Gasteiger charge is -2.09. The summed E-state index contributed by atoms with van der Waals surface area (Å²) in [5.41, 5.74) is 4.29. The molecule has 26 heavy (non-hydrogen) atoms. The summed E-state index contributed by atoms with van der Waals surface area (Å²) in [5, 5.41) is 5.96. The van der Waals surface area contributed by atoms with Gasteiger partial charge in [-0.1, -0.05) is 17.7 Å². The molecule has 1 heterocycles. The fraction of sp³-hybridized carbons (Fsp3) is 0.150. The number of nitrogens with one attached hydrogen (secondary N) is 2. The van der Waals surface area contributed by atoms with Gasteiger partial charge in [0, 0.05) is 23.8 Å². The Kier molecular flexibility index (Phi) is 5.12. The summed E-state index contributed by atoms with van der Waals surface area (Å²) >= 11 is 0. The van der Waals surface area contributed by atoms with Gasteiger partial charge in [-0.25, -0.2) is 9.97 Å². The van der Waals surface area contributed by atoms with Gasteiger partial charge in [-0.05, 0) is 49.7 Å². The predicted octanol–water partition coefficient (Wildman–Crippen LogP) is 4.10. The van der Waals surface area contributed by atoms with Crippen molar-refractivity contribution in [2.75, 3.05) is 17.7 Å². The lowest BCUT2D eigenvalue weighted by atomic mass is 10.1. The summed E-state index contributed by atoms with van der Waals surface area (Å²) in [5.74, 6) is 0.902. The third-order valence-electron chi connectivity index (χ3n) is 3.89. The molecule has 0 aliphatic carbocycles. The molecular weight excluding hydrogens is 328 g/mol. The zero-order chi connectivity index (χ0) is 18.5. The summed E-state index contributed by atoms with van der Waals surface area (Å²) in [7, 11) is 1.60. The number of methoxy groups -OCH3 is 1. The van der Waals surface area contributed by atoms with Crippen molar-refractivity contribution in [2.24, 2.45) is 0 Å². The third kappa shape index (κ3) is 4.16. The van der Waals surface area contributed by atoms with E-state index >= 15 is 0 Å². The molecule has 0 saturated carbocycles. The molecule has 0 aliphatic heterocycles. The van der Waals surface area contributed by atoms with E-state index in [0.29, 0.717) is 17.2 Å². The summed E-state index contributed by atoms with van der Waals surface area (Å²) in [4.78, 5) is 20.7. The maximum Gasteiger partial charge on any atom is 0.258 e. The molecule has 132 valence electrons. The number of hydrogen-bond acceptors (Lipinski definition) is 5. The lowest BCUT2D eigenvalue weighted by molar-refractivity contribution is 0.102. The molecule has 0 saturated heterocycles. The Morgan fingerprint density at radius 1 is 1.00 bits per heavy atom. The van der Waals surface area contributed by atoms with Crippen molar-refractivity contribution in [3.8, 4) is 5.75 Å². The van der Waals surface area contributed by atoms with Crippen molar-refractivity contribution < 1.29 is 9.53 Å². The Morgan fingerprint density at radius 2 is 1.69 bits per heavy atom. The van der Waals surface area contributed by atoms with Gasteiger partial charge in [-0.3, -0.25) is 4.79 Å². The van der Waals surface area contributed by atoms with Crippen molar-refractivity contribution in [3.05, 3.63) is 71.5 Å². The molecule has 3 aromatic rings. The van der Waals surface area contributed by atoms with Crippen molar-refractivity contribution in [1.29, 1.82) is 0 Å². The number of amides is 1. The van der Waals surface area contributed by atoms with Crippen LogP contribution in [0.3, 0.4) is 0 Å². The van der Waals surface area contributed by atoms with Crippen LogP contribution in [-0.4, -0.2) is 23.0 Å². The SMILES string of the molecule is COc1ccc(NC(=O)c2cnc(Nc3ccc(C)cc3C)nc2)cc1. The Bertz CT molecular complexity index is 906. The maximum atomic E-state index is 12.3. The first-order valence-electron chi connectivity index (χ1n) is 8.17.